The molecule has 0 atom stereocenters. The van der Waals surface area contributed by atoms with E-state index in [0.29, 0.717) is 5.69 Å². The molecule has 0 spiro atoms. The molecule has 1 heterocycles. The molecule has 0 saturated heterocycles. The maximum absolute atomic E-state index is 12.3. The molecule has 0 aliphatic rings. The number of halogens is 3. The Balaban J connectivity index is 3.08. The molecular formula is C8H8BrF2NO. The standard InChI is InChI=1S/C8H8BrF2NO/c9-3-7-6(8(10)11)2-1-5(4-13)12-7/h1-2,8,13H,3-4H2. The Kier molecular flexibility index (Phi) is 3.74. The van der Waals surface area contributed by atoms with Crippen LogP contribution in [0.4, 0.5) is 8.78 Å². The summed E-state index contributed by atoms with van der Waals surface area (Å²) in [5.74, 6) is 0. The predicted molar refractivity (Wildman–Crippen MR) is 47.7 cm³/mol. The summed E-state index contributed by atoms with van der Waals surface area (Å²) in [4.78, 5) is 3.85. The third-order valence-corrected chi connectivity index (χ3v) is 2.12. The van der Waals surface area contributed by atoms with Crippen molar-refractivity contribution in [2.24, 2.45) is 0 Å². The van der Waals surface area contributed by atoms with Crippen LogP contribution in [0.25, 0.3) is 0 Å². The van der Waals surface area contributed by atoms with Gasteiger partial charge in [-0.05, 0) is 12.1 Å². The highest BCUT2D eigenvalue weighted by Gasteiger charge is 2.13. The van der Waals surface area contributed by atoms with Crippen LogP contribution in [0.2, 0.25) is 0 Å². The molecule has 13 heavy (non-hydrogen) atoms. The SMILES string of the molecule is OCc1ccc(C(F)F)c(CBr)n1. The van der Waals surface area contributed by atoms with Gasteiger partial charge in [0, 0.05) is 10.9 Å². The van der Waals surface area contributed by atoms with Crippen LogP contribution in [0.1, 0.15) is 23.4 Å². The summed E-state index contributed by atoms with van der Waals surface area (Å²) < 4.78 is 24.7. The first-order valence-electron chi connectivity index (χ1n) is 3.62. The minimum atomic E-state index is -2.52. The summed E-state index contributed by atoms with van der Waals surface area (Å²) >= 11 is 3.06. The number of aromatic nitrogens is 1. The fourth-order valence-electron chi connectivity index (χ4n) is 0.951. The topological polar surface area (TPSA) is 33.1 Å². The lowest BCUT2D eigenvalue weighted by Gasteiger charge is -2.06. The lowest BCUT2D eigenvalue weighted by atomic mass is 10.2. The maximum Gasteiger partial charge on any atom is 0.265 e. The average molecular weight is 252 g/mol. The lowest BCUT2D eigenvalue weighted by molar-refractivity contribution is 0.150. The van der Waals surface area contributed by atoms with Crippen molar-refractivity contribution in [1.82, 2.24) is 4.98 Å². The van der Waals surface area contributed by atoms with E-state index in [4.69, 9.17) is 5.11 Å². The molecule has 0 radical (unpaired) electrons. The largest absolute Gasteiger partial charge is 0.390 e. The molecule has 2 nitrogen and oxygen atoms in total. The van der Waals surface area contributed by atoms with Gasteiger partial charge < -0.3 is 5.11 Å². The van der Waals surface area contributed by atoms with Crippen molar-refractivity contribution in [1.29, 1.82) is 0 Å². The molecule has 5 heteroatoms. The van der Waals surface area contributed by atoms with Crippen LogP contribution in [0.5, 0.6) is 0 Å². The summed E-state index contributed by atoms with van der Waals surface area (Å²) in [5, 5.41) is 8.99. The first-order chi connectivity index (χ1) is 6.19. The zero-order valence-corrected chi connectivity index (χ0v) is 8.26. The van der Waals surface area contributed by atoms with E-state index in [0.717, 1.165) is 0 Å². The minimum Gasteiger partial charge on any atom is -0.390 e. The maximum atomic E-state index is 12.3. The number of aliphatic hydroxyl groups is 1. The Morgan fingerprint density at radius 1 is 1.46 bits per heavy atom. The molecule has 0 amide bonds. The van der Waals surface area contributed by atoms with Crippen LogP contribution in [0.15, 0.2) is 12.1 Å². The van der Waals surface area contributed by atoms with Crippen LogP contribution in [0.3, 0.4) is 0 Å². The summed E-state index contributed by atoms with van der Waals surface area (Å²) in [7, 11) is 0. The van der Waals surface area contributed by atoms with E-state index >= 15 is 0 Å². The van der Waals surface area contributed by atoms with Crippen molar-refractivity contribution in [3.63, 3.8) is 0 Å². The fraction of sp³-hybridized carbons (Fsp3) is 0.375. The number of pyridine rings is 1. The van der Waals surface area contributed by atoms with E-state index in [9.17, 15) is 8.78 Å². The smallest absolute Gasteiger partial charge is 0.265 e. The van der Waals surface area contributed by atoms with E-state index in [2.05, 4.69) is 20.9 Å². The van der Waals surface area contributed by atoms with Crippen LogP contribution in [-0.4, -0.2) is 10.1 Å². The second kappa shape index (κ2) is 4.62. The molecule has 0 fully saturated rings. The van der Waals surface area contributed by atoms with Crippen molar-refractivity contribution >= 4 is 15.9 Å². The van der Waals surface area contributed by atoms with Crippen LogP contribution >= 0.6 is 15.9 Å². The highest BCUT2D eigenvalue weighted by Crippen LogP contribution is 2.23. The van der Waals surface area contributed by atoms with Gasteiger partial charge in [0.15, 0.2) is 0 Å². The van der Waals surface area contributed by atoms with E-state index in [1.807, 2.05) is 0 Å². The Hall–Kier alpha value is -0.550. The molecule has 1 N–H and O–H groups in total. The van der Waals surface area contributed by atoms with Gasteiger partial charge >= 0.3 is 0 Å². The molecule has 1 aromatic heterocycles. The molecule has 0 bridgehead atoms. The Bertz CT molecular complexity index is 293. The number of rotatable bonds is 3. The Morgan fingerprint density at radius 2 is 2.15 bits per heavy atom. The van der Waals surface area contributed by atoms with Crippen molar-refractivity contribution < 1.29 is 13.9 Å². The van der Waals surface area contributed by atoms with Gasteiger partial charge in [0.05, 0.1) is 18.0 Å². The van der Waals surface area contributed by atoms with Gasteiger partial charge in [-0.25, -0.2) is 8.78 Å². The van der Waals surface area contributed by atoms with Gasteiger partial charge in [0.2, 0.25) is 0 Å². The van der Waals surface area contributed by atoms with Crippen molar-refractivity contribution in [2.75, 3.05) is 0 Å². The van der Waals surface area contributed by atoms with Gasteiger partial charge in [0.25, 0.3) is 6.43 Å². The van der Waals surface area contributed by atoms with Crippen LogP contribution in [-0.2, 0) is 11.9 Å². The van der Waals surface area contributed by atoms with E-state index < -0.39 is 6.43 Å². The first-order valence-corrected chi connectivity index (χ1v) is 4.75. The van der Waals surface area contributed by atoms with Gasteiger partial charge in [-0.3, -0.25) is 4.98 Å². The van der Waals surface area contributed by atoms with E-state index in [1.54, 1.807) is 0 Å². The Morgan fingerprint density at radius 3 is 2.62 bits per heavy atom. The quantitative estimate of drug-likeness (QED) is 0.838. The zero-order valence-electron chi connectivity index (χ0n) is 6.67. The van der Waals surface area contributed by atoms with Crippen molar-refractivity contribution in [3.05, 3.63) is 29.1 Å². The fourth-order valence-corrected chi connectivity index (χ4v) is 1.40. The molecule has 0 aliphatic carbocycles. The zero-order chi connectivity index (χ0) is 9.84. The number of hydrogen-bond donors (Lipinski definition) is 1. The molecular weight excluding hydrogens is 244 g/mol. The van der Waals surface area contributed by atoms with Gasteiger partial charge in [0.1, 0.15) is 0 Å². The van der Waals surface area contributed by atoms with Crippen LogP contribution < -0.4 is 0 Å². The lowest BCUT2D eigenvalue weighted by Crippen LogP contribution is -1.99. The third-order valence-electron chi connectivity index (χ3n) is 1.59. The summed E-state index contributed by atoms with van der Waals surface area (Å²) in [6.07, 6.45) is -2.52. The highest BCUT2D eigenvalue weighted by atomic mass is 79.9. The van der Waals surface area contributed by atoms with Gasteiger partial charge in [-0.1, -0.05) is 15.9 Å². The molecule has 0 aromatic carbocycles. The molecule has 0 saturated carbocycles. The molecule has 1 aromatic rings. The van der Waals surface area contributed by atoms with Crippen LogP contribution in [0, 0.1) is 0 Å². The third kappa shape index (κ3) is 2.45. The Labute approximate surface area is 82.7 Å². The minimum absolute atomic E-state index is 0.0888. The average Bonchev–Trinajstić information content (AvgIpc) is 2.16. The monoisotopic (exact) mass is 251 g/mol. The summed E-state index contributed by atoms with van der Waals surface area (Å²) in [6, 6.07) is 2.69. The van der Waals surface area contributed by atoms with Gasteiger partial charge in [-0.2, -0.15) is 0 Å². The molecule has 1 rings (SSSR count). The number of nitrogens with zero attached hydrogens (tertiary/aromatic N) is 1. The molecule has 72 valence electrons. The summed E-state index contributed by atoms with van der Waals surface area (Å²) in [6.45, 7) is -0.233. The van der Waals surface area contributed by atoms with E-state index in [1.165, 1.54) is 12.1 Å². The van der Waals surface area contributed by atoms with E-state index in [-0.39, 0.29) is 23.2 Å². The predicted octanol–water partition coefficient (Wildman–Crippen LogP) is 2.41. The molecule has 0 aliphatic heterocycles. The molecule has 0 unspecified atom stereocenters. The summed E-state index contributed by atoms with van der Waals surface area (Å²) in [5.41, 5.74) is 0.592. The number of hydrogen-bond acceptors (Lipinski definition) is 2. The second-order valence-electron chi connectivity index (χ2n) is 2.43. The highest BCUT2D eigenvalue weighted by molar-refractivity contribution is 9.08. The van der Waals surface area contributed by atoms with Crippen molar-refractivity contribution in [3.8, 4) is 0 Å². The number of aliphatic hydroxyl groups excluding tert-OH is 1. The normalized spacial score (nSPS) is 10.8. The second-order valence-corrected chi connectivity index (χ2v) is 2.99. The van der Waals surface area contributed by atoms with Crippen molar-refractivity contribution in [2.45, 2.75) is 18.4 Å². The first kappa shape index (κ1) is 10.5. The van der Waals surface area contributed by atoms with Gasteiger partial charge in [-0.15, -0.1) is 0 Å². The number of alkyl halides is 3.